The number of nitriles is 1. The number of fused-ring (bicyclic) bond motifs is 2. The standard InChI is InChI=1S/C21H22N4O4/c1-12(2)25-17-14(19(27)24-10-21(11-26)5-6-21)9-23-20-18(17)28-16-7-13(8-22)3-4-15(16)29-20/h3-4,7,9,12,26H,5-6,10-11H2,1-2H3,(H,23,25)(H,24,27). The number of nitrogens with one attached hydrogen (secondary N) is 2. The van der Waals surface area contributed by atoms with Gasteiger partial charge in [0, 0.05) is 30.3 Å². The molecule has 1 aromatic heterocycles. The topological polar surface area (TPSA) is 117 Å². The van der Waals surface area contributed by atoms with E-state index in [1.807, 2.05) is 13.8 Å². The number of ether oxygens (including phenoxy) is 2. The molecule has 1 fully saturated rings. The molecule has 29 heavy (non-hydrogen) atoms. The highest BCUT2D eigenvalue weighted by molar-refractivity contribution is 6.01. The lowest BCUT2D eigenvalue weighted by molar-refractivity contribution is 0.0935. The number of carbonyl (C=O) groups is 1. The Morgan fingerprint density at radius 1 is 1.34 bits per heavy atom. The van der Waals surface area contributed by atoms with Crippen molar-refractivity contribution >= 4 is 11.6 Å². The van der Waals surface area contributed by atoms with Gasteiger partial charge in [0.15, 0.2) is 11.5 Å². The molecule has 2 aromatic rings. The van der Waals surface area contributed by atoms with Crippen molar-refractivity contribution in [1.82, 2.24) is 10.3 Å². The van der Waals surface area contributed by atoms with E-state index in [9.17, 15) is 9.90 Å². The van der Waals surface area contributed by atoms with Crippen LogP contribution in [-0.2, 0) is 0 Å². The molecule has 1 aromatic carbocycles. The number of pyridine rings is 1. The molecule has 1 saturated carbocycles. The number of amides is 1. The monoisotopic (exact) mass is 394 g/mol. The molecule has 1 aliphatic heterocycles. The van der Waals surface area contributed by atoms with Crippen molar-refractivity contribution in [3.8, 4) is 29.2 Å². The molecule has 0 radical (unpaired) electrons. The van der Waals surface area contributed by atoms with Gasteiger partial charge in [-0.05, 0) is 38.8 Å². The second kappa shape index (κ2) is 7.26. The zero-order valence-corrected chi connectivity index (χ0v) is 16.3. The molecule has 3 N–H and O–H groups in total. The van der Waals surface area contributed by atoms with Gasteiger partial charge in [-0.2, -0.15) is 5.26 Å². The van der Waals surface area contributed by atoms with Crippen LogP contribution in [0, 0.1) is 16.7 Å². The lowest BCUT2D eigenvalue weighted by Crippen LogP contribution is -2.32. The molecule has 4 rings (SSSR count). The van der Waals surface area contributed by atoms with Gasteiger partial charge in [0.2, 0.25) is 5.75 Å². The van der Waals surface area contributed by atoms with E-state index in [2.05, 4.69) is 21.7 Å². The molecule has 1 aliphatic carbocycles. The third-order valence-electron chi connectivity index (χ3n) is 5.09. The van der Waals surface area contributed by atoms with Crippen molar-refractivity contribution < 1.29 is 19.4 Å². The molecule has 0 saturated heterocycles. The molecular formula is C21H22N4O4. The maximum Gasteiger partial charge on any atom is 0.265 e. The van der Waals surface area contributed by atoms with Gasteiger partial charge in [0.1, 0.15) is 0 Å². The second-order valence-electron chi connectivity index (χ2n) is 7.80. The molecule has 8 nitrogen and oxygen atoms in total. The zero-order chi connectivity index (χ0) is 20.6. The molecular weight excluding hydrogens is 372 g/mol. The van der Waals surface area contributed by atoms with Gasteiger partial charge < -0.3 is 25.2 Å². The second-order valence-corrected chi connectivity index (χ2v) is 7.80. The first-order valence-corrected chi connectivity index (χ1v) is 9.53. The van der Waals surface area contributed by atoms with Gasteiger partial charge >= 0.3 is 0 Å². The predicted molar refractivity (Wildman–Crippen MR) is 105 cm³/mol. The fourth-order valence-corrected chi connectivity index (χ4v) is 3.13. The van der Waals surface area contributed by atoms with Crippen LogP contribution >= 0.6 is 0 Å². The third-order valence-corrected chi connectivity index (χ3v) is 5.09. The molecule has 2 aliphatic rings. The Labute approximate surface area is 168 Å². The Morgan fingerprint density at radius 2 is 2.14 bits per heavy atom. The molecule has 8 heteroatoms. The Kier molecular flexibility index (Phi) is 4.76. The normalized spacial score (nSPS) is 15.3. The van der Waals surface area contributed by atoms with Crippen molar-refractivity contribution in [2.45, 2.75) is 32.7 Å². The van der Waals surface area contributed by atoms with Crippen molar-refractivity contribution in [3.05, 3.63) is 35.5 Å². The van der Waals surface area contributed by atoms with Crippen LogP contribution in [0.1, 0.15) is 42.6 Å². The molecule has 0 atom stereocenters. The third kappa shape index (κ3) is 3.69. The number of nitrogens with zero attached hydrogens (tertiary/aromatic N) is 2. The average Bonchev–Trinajstić information content (AvgIpc) is 3.50. The first kappa shape index (κ1) is 19.0. The summed E-state index contributed by atoms with van der Waals surface area (Å²) in [5.74, 6) is 1.09. The van der Waals surface area contributed by atoms with Crippen molar-refractivity contribution in [3.63, 3.8) is 0 Å². The SMILES string of the molecule is CC(C)Nc1c(C(=O)NCC2(CO)CC2)cnc2c1Oc1cc(C#N)ccc1O2. The number of carbonyl (C=O) groups excluding carboxylic acids is 1. The van der Waals surface area contributed by atoms with Crippen LogP contribution in [0.2, 0.25) is 0 Å². The minimum Gasteiger partial charge on any atom is -0.445 e. The van der Waals surface area contributed by atoms with Gasteiger partial charge in [-0.15, -0.1) is 0 Å². The maximum absolute atomic E-state index is 12.9. The number of anilines is 1. The van der Waals surface area contributed by atoms with E-state index in [1.165, 1.54) is 6.20 Å². The van der Waals surface area contributed by atoms with Crippen LogP contribution in [0.4, 0.5) is 5.69 Å². The summed E-state index contributed by atoms with van der Waals surface area (Å²) in [5, 5.41) is 24.7. The Balaban J connectivity index is 1.67. The van der Waals surface area contributed by atoms with Crippen molar-refractivity contribution in [1.29, 1.82) is 5.26 Å². The van der Waals surface area contributed by atoms with Crippen LogP contribution in [0.3, 0.4) is 0 Å². The number of hydrogen-bond acceptors (Lipinski definition) is 7. The summed E-state index contributed by atoms with van der Waals surface area (Å²) in [6, 6.07) is 6.97. The average molecular weight is 394 g/mol. The van der Waals surface area contributed by atoms with Crippen molar-refractivity contribution in [2.24, 2.45) is 5.41 Å². The highest BCUT2D eigenvalue weighted by Gasteiger charge is 2.42. The summed E-state index contributed by atoms with van der Waals surface area (Å²) >= 11 is 0. The number of aliphatic hydroxyl groups excluding tert-OH is 1. The van der Waals surface area contributed by atoms with Gasteiger partial charge in [0.05, 0.1) is 29.5 Å². The van der Waals surface area contributed by atoms with E-state index >= 15 is 0 Å². The number of aromatic nitrogens is 1. The largest absolute Gasteiger partial charge is 0.445 e. The fourth-order valence-electron chi connectivity index (χ4n) is 3.13. The Hall–Kier alpha value is -3.31. The van der Waals surface area contributed by atoms with E-state index in [4.69, 9.17) is 14.7 Å². The van der Waals surface area contributed by atoms with Crippen LogP contribution in [0.25, 0.3) is 0 Å². The lowest BCUT2D eigenvalue weighted by atomic mass is 10.1. The van der Waals surface area contributed by atoms with Crippen LogP contribution in [-0.4, -0.2) is 35.2 Å². The molecule has 0 bridgehead atoms. The first-order chi connectivity index (χ1) is 13.9. The summed E-state index contributed by atoms with van der Waals surface area (Å²) in [6.07, 6.45) is 3.26. The minimum absolute atomic E-state index is 0.0238. The number of hydrogen-bond donors (Lipinski definition) is 3. The maximum atomic E-state index is 12.9. The summed E-state index contributed by atoms with van der Waals surface area (Å²) in [4.78, 5) is 17.1. The first-order valence-electron chi connectivity index (χ1n) is 9.53. The Bertz CT molecular complexity index is 1010. The quantitative estimate of drug-likeness (QED) is 0.588. The highest BCUT2D eigenvalue weighted by atomic mass is 16.6. The molecule has 0 spiro atoms. The van der Waals surface area contributed by atoms with Gasteiger partial charge in [0.25, 0.3) is 11.8 Å². The fraction of sp³-hybridized carbons (Fsp3) is 0.381. The number of benzene rings is 1. The van der Waals surface area contributed by atoms with E-state index in [0.29, 0.717) is 40.6 Å². The smallest absolute Gasteiger partial charge is 0.265 e. The summed E-state index contributed by atoms with van der Waals surface area (Å²) in [7, 11) is 0. The molecule has 1 amide bonds. The highest BCUT2D eigenvalue weighted by Crippen LogP contribution is 2.49. The van der Waals surface area contributed by atoms with E-state index < -0.39 is 0 Å². The van der Waals surface area contributed by atoms with Crippen LogP contribution in [0.15, 0.2) is 24.4 Å². The van der Waals surface area contributed by atoms with E-state index in [1.54, 1.807) is 18.2 Å². The molecule has 150 valence electrons. The van der Waals surface area contributed by atoms with E-state index in [0.717, 1.165) is 12.8 Å². The van der Waals surface area contributed by atoms with Crippen LogP contribution < -0.4 is 20.1 Å². The molecule has 0 unspecified atom stereocenters. The molecule has 2 heterocycles. The Morgan fingerprint density at radius 3 is 2.79 bits per heavy atom. The van der Waals surface area contributed by atoms with Crippen molar-refractivity contribution in [2.75, 3.05) is 18.5 Å². The van der Waals surface area contributed by atoms with E-state index in [-0.39, 0.29) is 29.9 Å². The summed E-state index contributed by atoms with van der Waals surface area (Å²) < 4.78 is 11.8. The van der Waals surface area contributed by atoms with Gasteiger partial charge in [-0.1, -0.05) is 0 Å². The predicted octanol–water partition coefficient (Wildman–Crippen LogP) is 3.17. The zero-order valence-electron chi connectivity index (χ0n) is 16.3. The summed E-state index contributed by atoms with van der Waals surface area (Å²) in [6.45, 7) is 4.36. The summed E-state index contributed by atoms with van der Waals surface area (Å²) in [5.41, 5.74) is 1.05. The minimum atomic E-state index is -0.302. The number of aliphatic hydroxyl groups is 1. The number of rotatable bonds is 6. The van der Waals surface area contributed by atoms with Gasteiger partial charge in [-0.3, -0.25) is 4.79 Å². The van der Waals surface area contributed by atoms with Crippen LogP contribution in [0.5, 0.6) is 23.1 Å². The van der Waals surface area contributed by atoms with Gasteiger partial charge in [-0.25, -0.2) is 4.98 Å². The lowest BCUT2D eigenvalue weighted by Gasteiger charge is -2.25.